The molecule has 0 aliphatic rings. The summed E-state index contributed by atoms with van der Waals surface area (Å²) >= 11 is 6.15. The highest BCUT2D eigenvalue weighted by molar-refractivity contribution is 6.33. The van der Waals surface area contributed by atoms with Gasteiger partial charge in [0.25, 0.3) is 5.91 Å². The smallest absolute Gasteiger partial charge is 0.256 e. The van der Waals surface area contributed by atoms with Crippen molar-refractivity contribution >= 4 is 17.5 Å². The number of nitrogens with one attached hydrogen (secondary N) is 1. The zero-order chi connectivity index (χ0) is 16.1. The highest BCUT2D eigenvalue weighted by Gasteiger charge is 2.19. The van der Waals surface area contributed by atoms with E-state index in [1.54, 1.807) is 11.6 Å². The van der Waals surface area contributed by atoms with Crippen LogP contribution in [0.3, 0.4) is 0 Å². The normalized spacial score (nSPS) is 12.2. The summed E-state index contributed by atoms with van der Waals surface area (Å²) in [6.07, 6.45) is -0.162. The Morgan fingerprint density at radius 2 is 2.09 bits per heavy atom. The van der Waals surface area contributed by atoms with Crippen LogP contribution >= 0.6 is 11.6 Å². The van der Waals surface area contributed by atoms with Gasteiger partial charge in [-0.05, 0) is 25.8 Å². The van der Waals surface area contributed by atoms with Gasteiger partial charge >= 0.3 is 0 Å². The zero-order valence-electron chi connectivity index (χ0n) is 12.7. The second kappa shape index (κ2) is 7.42. The van der Waals surface area contributed by atoms with Crippen molar-refractivity contribution in [1.82, 2.24) is 15.1 Å². The molecule has 2 aromatic rings. The fraction of sp³-hybridized carbons (Fsp3) is 0.375. The summed E-state index contributed by atoms with van der Waals surface area (Å²) in [6.45, 7) is 4.64. The number of benzene rings is 1. The standard InChI is InChI=1S/C16H20ClN3O2/c1-3-20-15(17)14(11(2)19-20)16(22)18-10-9-13(21)12-7-5-4-6-8-12/h4-8,13,21H,3,9-10H2,1-2H3,(H,18,22). The van der Waals surface area contributed by atoms with Crippen molar-refractivity contribution in [1.29, 1.82) is 0 Å². The molecule has 1 aromatic heterocycles. The van der Waals surface area contributed by atoms with E-state index in [-0.39, 0.29) is 5.91 Å². The molecule has 0 aliphatic heterocycles. The van der Waals surface area contributed by atoms with Crippen molar-refractivity contribution in [3.8, 4) is 0 Å². The average Bonchev–Trinajstić information content (AvgIpc) is 2.82. The molecule has 5 nitrogen and oxygen atoms in total. The highest BCUT2D eigenvalue weighted by atomic mass is 35.5. The number of hydrogen-bond acceptors (Lipinski definition) is 3. The van der Waals surface area contributed by atoms with E-state index in [1.807, 2.05) is 37.3 Å². The van der Waals surface area contributed by atoms with E-state index in [1.165, 1.54) is 0 Å². The van der Waals surface area contributed by atoms with Crippen LogP contribution in [0, 0.1) is 6.92 Å². The van der Waals surface area contributed by atoms with Gasteiger partial charge in [-0.1, -0.05) is 41.9 Å². The van der Waals surface area contributed by atoms with Gasteiger partial charge in [0.1, 0.15) is 5.15 Å². The summed E-state index contributed by atoms with van der Waals surface area (Å²) in [5.41, 5.74) is 1.84. The van der Waals surface area contributed by atoms with E-state index < -0.39 is 6.10 Å². The molecule has 22 heavy (non-hydrogen) atoms. The largest absolute Gasteiger partial charge is 0.388 e. The fourth-order valence-corrected chi connectivity index (χ4v) is 2.65. The quantitative estimate of drug-likeness (QED) is 0.859. The number of aliphatic hydroxyl groups excluding tert-OH is 1. The molecule has 0 saturated heterocycles. The summed E-state index contributed by atoms with van der Waals surface area (Å²) in [7, 11) is 0. The van der Waals surface area contributed by atoms with Gasteiger partial charge in [-0.25, -0.2) is 0 Å². The predicted octanol–water partition coefficient (Wildman–Crippen LogP) is 2.72. The lowest BCUT2D eigenvalue weighted by Crippen LogP contribution is -2.26. The maximum absolute atomic E-state index is 12.2. The Bertz CT molecular complexity index is 640. The van der Waals surface area contributed by atoms with E-state index in [4.69, 9.17) is 11.6 Å². The third-order valence-electron chi connectivity index (χ3n) is 3.48. The van der Waals surface area contributed by atoms with E-state index >= 15 is 0 Å². The first-order valence-corrected chi connectivity index (χ1v) is 7.66. The lowest BCUT2D eigenvalue weighted by Gasteiger charge is -2.11. The molecule has 0 radical (unpaired) electrons. The van der Waals surface area contributed by atoms with Gasteiger partial charge in [-0.2, -0.15) is 5.10 Å². The number of aliphatic hydroxyl groups is 1. The first kappa shape index (κ1) is 16.5. The number of aryl methyl sites for hydroxylation is 2. The van der Waals surface area contributed by atoms with E-state index in [0.717, 1.165) is 5.56 Å². The summed E-state index contributed by atoms with van der Waals surface area (Å²) in [6, 6.07) is 9.37. The van der Waals surface area contributed by atoms with Crippen molar-refractivity contribution in [3.05, 3.63) is 52.3 Å². The SMILES string of the molecule is CCn1nc(C)c(C(=O)NCCC(O)c2ccccc2)c1Cl. The van der Waals surface area contributed by atoms with Gasteiger partial charge in [0, 0.05) is 13.1 Å². The third kappa shape index (κ3) is 3.67. The van der Waals surface area contributed by atoms with Crippen LogP contribution in [-0.2, 0) is 6.54 Å². The first-order valence-electron chi connectivity index (χ1n) is 7.28. The van der Waals surface area contributed by atoms with Gasteiger partial charge in [-0.15, -0.1) is 0 Å². The third-order valence-corrected chi connectivity index (χ3v) is 3.86. The van der Waals surface area contributed by atoms with E-state index in [9.17, 15) is 9.90 Å². The molecule has 2 N–H and O–H groups in total. The number of hydrogen-bond donors (Lipinski definition) is 2. The number of halogens is 1. The van der Waals surface area contributed by atoms with Crippen LogP contribution in [0.2, 0.25) is 5.15 Å². The van der Waals surface area contributed by atoms with Crippen LogP contribution < -0.4 is 5.32 Å². The maximum atomic E-state index is 12.2. The molecule has 1 unspecified atom stereocenters. The minimum atomic E-state index is -0.601. The van der Waals surface area contributed by atoms with Gasteiger partial charge < -0.3 is 10.4 Å². The maximum Gasteiger partial charge on any atom is 0.256 e. The van der Waals surface area contributed by atoms with Crippen LogP contribution in [0.4, 0.5) is 0 Å². The van der Waals surface area contributed by atoms with Crippen LogP contribution in [0.25, 0.3) is 0 Å². The molecule has 0 spiro atoms. The van der Waals surface area contributed by atoms with Crippen LogP contribution in [0.1, 0.15) is 41.1 Å². The van der Waals surface area contributed by atoms with Gasteiger partial charge in [0.2, 0.25) is 0 Å². The van der Waals surface area contributed by atoms with Crippen molar-refractivity contribution < 1.29 is 9.90 Å². The molecule has 1 heterocycles. The van der Waals surface area contributed by atoms with Crippen molar-refractivity contribution in [2.75, 3.05) is 6.54 Å². The summed E-state index contributed by atoms with van der Waals surface area (Å²) in [5.74, 6) is -0.262. The number of rotatable bonds is 6. The van der Waals surface area contributed by atoms with Gasteiger partial charge in [0.05, 0.1) is 17.4 Å². The molecule has 1 aromatic carbocycles. The minimum absolute atomic E-state index is 0.262. The Kier molecular flexibility index (Phi) is 5.57. The molecule has 0 bridgehead atoms. The Morgan fingerprint density at radius 3 is 2.68 bits per heavy atom. The summed E-state index contributed by atoms with van der Waals surface area (Å²) in [4.78, 5) is 12.2. The number of carbonyl (C=O) groups is 1. The summed E-state index contributed by atoms with van der Waals surface area (Å²) in [5, 5.41) is 17.4. The molecule has 2 rings (SSSR count). The zero-order valence-corrected chi connectivity index (χ0v) is 13.5. The molecule has 118 valence electrons. The number of nitrogens with zero attached hydrogens (tertiary/aromatic N) is 2. The van der Waals surface area contributed by atoms with Crippen LogP contribution in [0.5, 0.6) is 0 Å². The molecule has 1 amide bonds. The lowest BCUT2D eigenvalue weighted by molar-refractivity contribution is 0.0942. The topological polar surface area (TPSA) is 67.2 Å². The number of carbonyl (C=O) groups excluding carboxylic acids is 1. The van der Waals surface area contributed by atoms with Gasteiger partial charge in [0.15, 0.2) is 0 Å². The molecular weight excluding hydrogens is 302 g/mol. The molecule has 0 saturated carbocycles. The predicted molar refractivity (Wildman–Crippen MR) is 86.0 cm³/mol. The molecule has 0 fully saturated rings. The molecule has 1 atom stereocenters. The Balaban J connectivity index is 1.92. The van der Waals surface area contributed by atoms with Gasteiger partial charge in [-0.3, -0.25) is 9.48 Å². The molecule has 0 aliphatic carbocycles. The molecular formula is C16H20ClN3O2. The van der Waals surface area contributed by atoms with Crippen molar-refractivity contribution in [3.63, 3.8) is 0 Å². The average molecular weight is 322 g/mol. The monoisotopic (exact) mass is 321 g/mol. The lowest BCUT2D eigenvalue weighted by atomic mass is 10.1. The van der Waals surface area contributed by atoms with Crippen LogP contribution in [0.15, 0.2) is 30.3 Å². The first-order chi connectivity index (χ1) is 10.5. The van der Waals surface area contributed by atoms with Crippen molar-refractivity contribution in [2.24, 2.45) is 0 Å². The second-order valence-corrected chi connectivity index (χ2v) is 5.40. The summed E-state index contributed by atoms with van der Waals surface area (Å²) < 4.78 is 1.59. The number of aromatic nitrogens is 2. The fourth-order valence-electron chi connectivity index (χ4n) is 2.27. The Morgan fingerprint density at radius 1 is 1.41 bits per heavy atom. The minimum Gasteiger partial charge on any atom is -0.388 e. The van der Waals surface area contributed by atoms with Crippen molar-refractivity contribution in [2.45, 2.75) is 32.9 Å². The second-order valence-electron chi connectivity index (χ2n) is 5.04. The van der Waals surface area contributed by atoms with E-state index in [0.29, 0.717) is 35.9 Å². The highest BCUT2D eigenvalue weighted by Crippen LogP contribution is 2.20. The Hall–Kier alpha value is -1.85. The Labute approximate surface area is 134 Å². The molecule has 6 heteroatoms. The van der Waals surface area contributed by atoms with E-state index in [2.05, 4.69) is 10.4 Å². The number of amides is 1. The van der Waals surface area contributed by atoms with Crippen LogP contribution in [-0.4, -0.2) is 27.3 Å².